The first-order valence-corrected chi connectivity index (χ1v) is 7.74. The van der Waals surface area contributed by atoms with Crippen molar-refractivity contribution in [1.82, 2.24) is 9.47 Å². The second kappa shape index (κ2) is 7.74. The van der Waals surface area contributed by atoms with E-state index in [1.54, 1.807) is 29.0 Å². The first kappa shape index (κ1) is 17.0. The molecule has 2 aromatic rings. The van der Waals surface area contributed by atoms with Crippen LogP contribution >= 0.6 is 0 Å². The van der Waals surface area contributed by atoms with E-state index in [2.05, 4.69) is 18.9 Å². The van der Waals surface area contributed by atoms with E-state index in [1.807, 2.05) is 6.07 Å². The van der Waals surface area contributed by atoms with Gasteiger partial charge in [0, 0.05) is 18.3 Å². The summed E-state index contributed by atoms with van der Waals surface area (Å²) >= 11 is 0. The Labute approximate surface area is 135 Å². The number of benzene rings is 1. The number of carboxylic acid groups (broad SMARTS) is 1. The molecule has 0 unspecified atom stereocenters. The summed E-state index contributed by atoms with van der Waals surface area (Å²) in [5, 5.41) is 8.94. The van der Waals surface area contributed by atoms with Gasteiger partial charge in [-0.05, 0) is 56.4 Å². The van der Waals surface area contributed by atoms with Gasteiger partial charge in [0.1, 0.15) is 0 Å². The Hall–Kier alpha value is -2.40. The van der Waals surface area contributed by atoms with Gasteiger partial charge < -0.3 is 14.6 Å². The number of nitrogens with zero attached hydrogens (tertiary/aromatic N) is 2. The van der Waals surface area contributed by atoms with Crippen molar-refractivity contribution in [2.45, 2.75) is 19.9 Å². The van der Waals surface area contributed by atoms with Gasteiger partial charge in [0.15, 0.2) is 0 Å². The van der Waals surface area contributed by atoms with E-state index in [0.717, 1.165) is 25.1 Å². The molecular weight excluding hydrogens is 292 g/mol. The first-order valence-electron chi connectivity index (χ1n) is 7.74. The summed E-state index contributed by atoms with van der Waals surface area (Å²) < 4.78 is 1.71. The Morgan fingerprint density at radius 1 is 1.22 bits per heavy atom. The first-order chi connectivity index (χ1) is 11.0. The van der Waals surface area contributed by atoms with Gasteiger partial charge in [0.05, 0.1) is 5.56 Å². The molecule has 0 amide bonds. The largest absolute Gasteiger partial charge is 0.478 e. The SMILES string of the molecule is CCN(C)CCCn1cccc(-c2ccc(C(=O)O)cc2)c1=O. The molecule has 0 saturated heterocycles. The average Bonchev–Trinajstić information content (AvgIpc) is 2.56. The molecular formula is C18H22N2O3. The van der Waals surface area contributed by atoms with E-state index in [4.69, 9.17) is 5.11 Å². The zero-order valence-electron chi connectivity index (χ0n) is 13.5. The van der Waals surface area contributed by atoms with Gasteiger partial charge in [0.2, 0.25) is 0 Å². The van der Waals surface area contributed by atoms with Gasteiger partial charge in [-0.1, -0.05) is 19.1 Å². The lowest BCUT2D eigenvalue weighted by atomic mass is 10.1. The van der Waals surface area contributed by atoms with E-state index < -0.39 is 5.97 Å². The molecule has 1 heterocycles. The van der Waals surface area contributed by atoms with Crippen LogP contribution in [0.25, 0.3) is 11.1 Å². The van der Waals surface area contributed by atoms with Crippen LogP contribution in [0, 0.1) is 0 Å². The number of pyridine rings is 1. The monoisotopic (exact) mass is 314 g/mol. The summed E-state index contributed by atoms with van der Waals surface area (Å²) in [5.74, 6) is -0.970. The fourth-order valence-corrected chi connectivity index (χ4v) is 2.39. The van der Waals surface area contributed by atoms with Crippen LogP contribution in [0.4, 0.5) is 0 Å². The zero-order chi connectivity index (χ0) is 16.8. The molecule has 0 aliphatic heterocycles. The number of hydrogen-bond donors (Lipinski definition) is 1. The molecule has 2 rings (SSSR count). The summed E-state index contributed by atoms with van der Waals surface area (Å²) in [6, 6.07) is 10.0. The number of carboxylic acids is 1. The fraction of sp³-hybridized carbons (Fsp3) is 0.333. The highest BCUT2D eigenvalue weighted by Gasteiger charge is 2.08. The van der Waals surface area contributed by atoms with E-state index in [0.29, 0.717) is 12.1 Å². The van der Waals surface area contributed by atoms with Gasteiger partial charge in [-0.3, -0.25) is 4.79 Å². The van der Waals surface area contributed by atoms with E-state index in [1.165, 1.54) is 12.1 Å². The van der Waals surface area contributed by atoms with Crippen LogP contribution in [0.15, 0.2) is 47.4 Å². The van der Waals surface area contributed by atoms with E-state index in [-0.39, 0.29) is 11.1 Å². The molecule has 23 heavy (non-hydrogen) atoms. The topological polar surface area (TPSA) is 62.5 Å². The Bertz CT molecular complexity index is 720. The maximum absolute atomic E-state index is 12.6. The highest BCUT2D eigenvalue weighted by atomic mass is 16.4. The van der Waals surface area contributed by atoms with Crippen LogP contribution in [-0.2, 0) is 6.54 Å². The molecule has 1 aromatic carbocycles. The molecule has 1 N–H and O–H groups in total. The van der Waals surface area contributed by atoms with Crippen molar-refractivity contribution in [3.8, 4) is 11.1 Å². The molecule has 1 aromatic heterocycles. The zero-order valence-corrected chi connectivity index (χ0v) is 13.5. The minimum Gasteiger partial charge on any atom is -0.478 e. The number of aromatic nitrogens is 1. The maximum Gasteiger partial charge on any atom is 0.335 e. The van der Waals surface area contributed by atoms with Gasteiger partial charge in [0.25, 0.3) is 5.56 Å². The highest BCUT2D eigenvalue weighted by molar-refractivity contribution is 5.88. The van der Waals surface area contributed by atoms with Crippen molar-refractivity contribution in [2.75, 3.05) is 20.1 Å². The highest BCUT2D eigenvalue weighted by Crippen LogP contribution is 2.16. The normalized spacial score (nSPS) is 10.9. The smallest absolute Gasteiger partial charge is 0.335 e. The second-order valence-electron chi connectivity index (χ2n) is 5.55. The maximum atomic E-state index is 12.6. The second-order valence-corrected chi connectivity index (χ2v) is 5.55. The lowest BCUT2D eigenvalue weighted by Gasteiger charge is -2.14. The summed E-state index contributed by atoms with van der Waals surface area (Å²) in [7, 11) is 2.06. The minimum absolute atomic E-state index is 0.0465. The predicted octanol–water partition coefficient (Wildman–Crippen LogP) is 2.56. The lowest BCUT2D eigenvalue weighted by molar-refractivity contribution is 0.0697. The summed E-state index contributed by atoms with van der Waals surface area (Å²) in [5.41, 5.74) is 1.50. The summed E-state index contributed by atoms with van der Waals surface area (Å²) in [6.45, 7) is 4.71. The number of aromatic carboxylic acids is 1. The Kier molecular flexibility index (Phi) is 5.71. The standard InChI is InChI=1S/C18H22N2O3/c1-3-19(2)11-5-13-20-12-4-6-16(17(20)21)14-7-9-15(10-8-14)18(22)23/h4,6-10,12H,3,5,11,13H2,1-2H3,(H,22,23). The van der Waals surface area contributed by atoms with Crippen LogP contribution in [0.3, 0.4) is 0 Å². The molecule has 5 heteroatoms. The molecule has 0 aliphatic carbocycles. The van der Waals surface area contributed by atoms with Crippen molar-refractivity contribution in [1.29, 1.82) is 0 Å². The van der Waals surface area contributed by atoms with Gasteiger partial charge >= 0.3 is 5.97 Å². The molecule has 0 bridgehead atoms. The number of rotatable bonds is 7. The van der Waals surface area contributed by atoms with Crippen LogP contribution in [0.2, 0.25) is 0 Å². The fourth-order valence-electron chi connectivity index (χ4n) is 2.39. The molecule has 0 fully saturated rings. The van der Waals surface area contributed by atoms with E-state index >= 15 is 0 Å². The van der Waals surface area contributed by atoms with Crippen molar-refractivity contribution in [3.63, 3.8) is 0 Å². The van der Waals surface area contributed by atoms with Crippen LogP contribution in [-0.4, -0.2) is 40.7 Å². The summed E-state index contributed by atoms with van der Waals surface area (Å²) in [4.78, 5) is 25.7. The van der Waals surface area contributed by atoms with E-state index in [9.17, 15) is 9.59 Å². The number of aryl methyl sites for hydroxylation is 1. The molecule has 0 saturated carbocycles. The van der Waals surface area contributed by atoms with Gasteiger partial charge in [-0.25, -0.2) is 4.79 Å². The van der Waals surface area contributed by atoms with Gasteiger partial charge in [-0.15, -0.1) is 0 Å². The van der Waals surface area contributed by atoms with Crippen molar-refractivity contribution < 1.29 is 9.90 Å². The van der Waals surface area contributed by atoms with Crippen LogP contribution in [0.5, 0.6) is 0 Å². The van der Waals surface area contributed by atoms with Crippen molar-refractivity contribution >= 4 is 5.97 Å². The average molecular weight is 314 g/mol. The number of hydrogen-bond acceptors (Lipinski definition) is 3. The van der Waals surface area contributed by atoms with Gasteiger partial charge in [-0.2, -0.15) is 0 Å². The van der Waals surface area contributed by atoms with Crippen LogP contribution < -0.4 is 5.56 Å². The third kappa shape index (κ3) is 4.29. The Morgan fingerprint density at radius 2 is 1.91 bits per heavy atom. The molecule has 0 atom stereocenters. The third-order valence-electron chi connectivity index (χ3n) is 3.94. The Morgan fingerprint density at radius 3 is 2.52 bits per heavy atom. The predicted molar refractivity (Wildman–Crippen MR) is 90.9 cm³/mol. The quantitative estimate of drug-likeness (QED) is 0.853. The third-order valence-corrected chi connectivity index (χ3v) is 3.94. The Balaban J connectivity index is 2.19. The van der Waals surface area contributed by atoms with Crippen molar-refractivity contribution in [3.05, 3.63) is 58.5 Å². The lowest BCUT2D eigenvalue weighted by Crippen LogP contribution is -2.24. The molecule has 0 radical (unpaired) electrons. The molecule has 122 valence electrons. The summed E-state index contributed by atoms with van der Waals surface area (Å²) in [6.07, 6.45) is 2.70. The van der Waals surface area contributed by atoms with Crippen LogP contribution in [0.1, 0.15) is 23.7 Å². The minimum atomic E-state index is -0.970. The van der Waals surface area contributed by atoms with Crippen molar-refractivity contribution in [2.24, 2.45) is 0 Å². The molecule has 5 nitrogen and oxygen atoms in total. The number of carbonyl (C=O) groups is 1. The molecule has 0 spiro atoms. The molecule has 0 aliphatic rings.